The molecule has 1 aromatic heterocycles. The van der Waals surface area contributed by atoms with Crippen molar-refractivity contribution in [1.82, 2.24) is 5.32 Å². The Hall–Kier alpha value is -2.08. The number of rotatable bonds is 8. The number of carboxylic acids is 1. The van der Waals surface area contributed by atoms with Gasteiger partial charge in [0.05, 0.1) is 6.61 Å². The van der Waals surface area contributed by atoms with Crippen molar-refractivity contribution in [3.05, 3.63) is 29.1 Å². The lowest BCUT2D eigenvalue weighted by Gasteiger charge is -2.53. The van der Waals surface area contributed by atoms with E-state index in [9.17, 15) is 14.7 Å². The molecule has 2 aromatic rings. The molecule has 2 bridgehead atoms. The molecule has 36 heavy (non-hydrogen) atoms. The maximum atomic E-state index is 13.8. The maximum absolute atomic E-state index is 13.8. The smallest absolute Gasteiger partial charge is 0.326 e. The highest BCUT2D eigenvalue weighted by molar-refractivity contribution is 7.21. The molecule has 1 amide bonds. The average Bonchev–Trinajstić information content (AvgIpc) is 3.24. The van der Waals surface area contributed by atoms with Gasteiger partial charge in [0.1, 0.15) is 10.9 Å². The van der Waals surface area contributed by atoms with Gasteiger partial charge in [-0.15, -0.1) is 11.3 Å². The molecule has 3 aliphatic rings. The van der Waals surface area contributed by atoms with E-state index < -0.39 is 12.0 Å². The van der Waals surface area contributed by atoms with E-state index in [1.807, 2.05) is 24.3 Å². The quantitative estimate of drug-likeness (QED) is 0.390. The molecule has 6 heteroatoms. The van der Waals surface area contributed by atoms with Gasteiger partial charge >= 0.3 is 5.97 Å². The topological polar surface area (TPSA) is 75.6 Å². The molecule has 5 rings (SSSR count). The summed E-state index contributed by atoms with van der Waals surface area (Å²) in [4.78, 5) is 27.0. The van der Waals surface area contributed by atoms with Crippen molar-refractivity contribution in [2.24, 2.45) is 29.1 Å². The monoisotopic (exact) mass is 511 g/mol. The van der Waals surface area contributed by atoms with Crippen molar-refractivity contribution in [2.45, 2.75) is 90.5 Å². The minimum atomic E-state index is -0.904. The van der Waals surface area contributed by atoms with Gasteiger partial charge in [-0.2, -0.15) is 0 Å². The summed E-state index contributed by atoms with van der Waals surface area (Å²) in [7, 11) is 0. The largest absolute Gasteiger partial charge is 0.491 e. The van der Waals surface area contributed by atoms with Gasteiger partial charge in [0.15, 0.2) is 5.75 Å². The number of carboxylic acid groups (broad SMARTS) is 1. The number of thiophene rings is 1. The van der Waals surface area contributed by atoms with Gasteiger partial charge in [0.25, 0.3) is 5.91 Å². The van der Waals surface area contributed by atoms with E-state index in [1.54, 1.807) is 0 Å². The Labute approximate surface area is 219 Å². The molecule has 5 nitrogen and oxygen atoms in total. The molecule has 1 heterocycles. The Bertz CT molecular complexity index is 1090. The zero-order valence-corrected chi connectivity index (χ0v) is 22.6. The highest BCUT2D eigenvalue weighted by atomic mass is 32.1. The van der Waals surface area contributed by atoms with Crippen LogP contribution in [0.25, 0.3) is 10.1 Å². The third-order valence-electron chi connectivity index (χ3n) is 9.20. The molecular weight excluding hydrogens is 470 g/mol. The molecule has 5 atom stereocenters. The van der Waals surface area contributed by atoms with Crippen LogP contribution in [-0.4, -0.2) is 29.6 Å². The highest BCUT2D eigenvalue weighted by Crippen LogP contribution is 2.55. The Balaban J connectivity index is 1.42. The van der Waals surface area contributed by atoms with Crippen LogP contribution in [0.5, 0.6) is 5.75 Å². The Morgan fingerprint density at radius 3 is 2.64 bits per heavy atom. The van der Waals surface area contributed by atoms with E-state index >= 15 is 0 Å². The molecule has 3 saturated carbocycles. The summed E-state index contributed by atoms with van der Waals surface area (Å²) in [5.41, 5.74) is -0.372. The van der Waals surface area contributed by atoms with Crippen molar-refractivity contribution in [3.8, 4) is 5.75 Å². The standard InChI is InChI=1S/C30H41NO4S/c1-3-20-14-22-13-19(2)15-30(16-20,17-22)27(29(33)34)31-28(32)26-25(23-11-7-8-12-24(23)36-26)35-18-21-9-5-4-6-10-21/h7-8,11-12,19-22,27H,3-6,9-10,13-18H2,1-2H3,(H,31,32)(H,33,34)/t19?,20?,22?,27?,30-/m1/s1. The van der Waals surface area contributed by atoms with Gasteiger partial charge in [0, 0.05) is 15.5 Å². The van der Waals surface area contributed by atoms with Crippen LogP contribution in [-0.2, 0) is 4.79 Å². The summed E-state index contributed by atoms with van der Waals surface area (Å²) in [6.07, 6.45) is 12.2. The normalized spacial score (nSPS) is 29.6. The predicted octanol–water partition coefficient (Wildman–Crippen LogP) is 7.29. The van der Waals surface area contributed by atoms with Crippen molar-refractivity contribution in [2.75, 3.05) is 6.61 Å². The number of hydrogen-bond acceptors (Lipinski definition) is 4. The lowest BCUT2D eigenvalue weighted by molar-refractivity contribution is -0.147. The van der Waals surface area contributed by atoms with Crippen LogP contribution in [0.15, 0.2) is 24.3 Å². The third-order valence-corrected chi connectivity index (χ3v) is 10.4. The molecule has 0 aliphatic heterocycles. The van der Waals surface area contributed by atoms with Gasteiger partial charge in [-0.25, -0.2) is 4.79 Å². The summed E-state index contributed by atoms with van der Waals surface area (Å²) in [5, 5.41) is 14.4. The summed E-state index contributed by atoms with van der Waals surface area (Å²) in [6, 6.07) is 7.09. The number of nitrogens with one attached hydrogen (secondary N) is 1. The van der Waals surface area contributed by atoms with Gasteiger partial charge < -0.3 is 15.2 Å². The first-order chi connectivity index (χ1) is 17.4. The molecule has 0 saturated heterocycles. The van der Waals surface area contributed by atoms with Crippen LogP contribution in [0.1, 0.15) is 94.1 Å². The number of hydrogen-bond donors (Lipinski definition) is 2. The summed E-state index contributed by atoms with van der Waals surface area (Å²) in [5.74, 6) is 1.53. The van der Waals surface area contributed by atoms with Crippen LogP contribution < -0.4 is 10.1 Å². The Kier molecular flexibility index (Phi) is 7.62. The minimum absolute atomic E-state index is 0.301. The van der Waals surface area contributed by atoms with Crippen LogP contribution >= 0.6 is 11.3 Å². The van der Waals surface area contributed by atoms with Gasteiger partial charge in [-0.05, 0) is 80.8 Å². The number of ether oxygens (including phenoxy) is 1. The van der Waals surface area contributed by atoms with Crippen molar-refractivity contribution in [3.63, 3.8) is 0 Å². The molecule has 196 valence electrons. The van der Waals surface area contributed by atoms with Crippen molar-refractivity contribution in [1.29, 1.82) is 0 Å². The molecular formula is C30H41NO4S. The third kappa shape index (κ3) is 5.16. The van der Waals surface area contributed by atoms with E-state index in [4.69, 9.17) is 4.74 Å². The number of benzene rings is 1. The molecule has 4 unspecified atom stereocenters. The van der Waals surface area contributed by atoms with E-state index in [1.165, 1.54) is 56.3 Å². The predicted molar refractivity (Wildman–Crippen MR) is 145 cm³/mol. The van der Waals surface area contributed by atoms with Crippen molar-refractivity contribution >= 4 is 33.3 Å². The zero-order valence-electron chi connectivity index (χ0n) is 21.8. The first-order valence-corrected chi connectivity index (χ1v) is 14.9. The van der Waals surface area contributed by atoms with Crippen LogP contribution in [0.2, 0.25) is 0 Å². The fraction of sp³-hybridized carbons (Fsp3) is 0.667. The van der Waals surface area contributed by atoms with E-state index in [-0.39, 0.29) is 11.3 Å². The first kappa shape index (κ1) is 25.6. The second-order valence-corrected chi connectivity index (χ2v) is 13.1. The zero-order chi connectivity index (χ0) is 25.3. The molecule has 0 spiro atoms. The summed E-state index contributed by atoms with van der Waals surface area (Å²) < 4.78 is 7.37. The lowest BCUT2D eigenvalue weighted by Crippen LogP contribution is -2.57. The Morgan fingerprint density at radius 1 is 1.11 bits per heavy atom. The number of aliphatic carboxylic acids is 1. The van der Waals surface area contributed by atoms with Crippen molar-refractivity contribution < 1.29 is 19.4 Å². The fourth-order valence-corrected chi connectivity index (χ4v) is 8.82. The Morgan fingerprint density at radius 2 is 1.89 bits per heavy atom. The SMILES string of the molecule is CCC1CC2CC(C)C[C@@](C(NC(=O)c3sc4ccccc4c3OCC3CCCCC3)C(=O)O)(C1)C2. The van der Waals surface area contributed by atoms with E-state index in [2.05, 4.69) is 19.2 Å². The average molecular weight is 512 g/mol. The maximum Gasteiger partial charge on any atom is 0.326 e. The number of fused-ring (bicyclic) bond motifs is 3. The lowest BCUT2D eigenvalue weighted by atomic mass is 9.53. The second kappa shape index (κ2) is 10.7. The molecule has 0 radical (unpaired) electrons. The molecule has 3 aliphatic carbocycles. The molecule has 1 aromatic carbocycles. The van der Waals surface area contributed by atoms with Crippen LogP contribution in [0.3, 0.4) is 0 Å². The number of amides is 1. The van der Waals surface area contributed by atoms with Gasteiger partial charge in [-0.1, -0.05) is 51.7 Å². The summed E-state index contributed by atoms with van der Waals surface area (Å²) in [6.45, 7) is 5.08. The van der Waals surface area contributed by atoms with E-state index in [0.29, 0.717) is 40.9 Å². The number of carbonyl (C=O) groups is 2. The van der Waals surface area contributed by atoms with Gasteiger partial charge in [-0.3, -0.25) is 4.79 Å². The van der Waals surface area contributed by atoms with Crippen LogP contribution in [0.4, 0.5) is 0 Å². The molecule has 3 fully saturated rings. The van der Waals surface area contributed by atoms with Gasteiger partial charge in [0.2, 0.25) is 0 Å². The molecule has 2 N–H and O–H groups in total. The fourth-order valence-electron chi connectivity index (χ4n) is 7.77. The minimum Gasteiger partial charge on any atom is -0.491 e. The van der Waals surface area contributed by atoms with E-state index in [0.717, 1.165) is 35.8 Å². The van der Waals surface area contributed by atoms with Crippen LogP contribution in [0, 0.1) is 29.1 Å². The number of carbonyl (C=O) groups excluding carboxylic acids is 1. The second-order valence-electron chi connectivity index (χ2n) is 12.0. The summed E-state index contributed by atoms with van der Waals surface area (Å²) >= 11 is 1.42. The highest BCUT2D eigenvalue weighted by Gasteiger charge is 2.52. The first-order valence-electron chi connectivity index (χ1n) is 14.1.